The highest BCUT2D eigenvalue weighted by Gasteiger charge is 2.35. The number of hydrogen-bond donors (Lipinski definition) is 1. The first-order valence-corrected chi connectivity index (χ1v) is 11.4. The SMILES string of the molecule is C=C(/C=C\C/C(=C\C)OC)C1c2[nH]c3ccc(Cl)cc3c2CCN1C(=O)Oc1ccc(F)cc1. The normalized spacial score (nSPS) is 16.1. The van der Waals surface area contributed by atoms with Gasteiger partial charge in [-0.1, -0.05) is 30.3 Å². The summed E-state index contributed by atoms with van der Waals surface area (Å²) in [6.45, 7) is 6.62. The molecule has 176 valence electrons. The third kappa shape index (κ3) is 4.87. The lowest BCUT2D eigenvalue weighted by Gasteiger charge is -2.35. The Morgan fingerprint density at radius 3 is 2.76 bits per heavy atom. The number of aromatic nitrogens is 1. The van der Waals surface area contributed by atoms with Crippen molar-refractivity contribution in [3.05, 3.63) is 101 Å². The Kier molecular flexibility index (Phi) is 7.08. The molecule has 2 aromatic carbocycles. The average Bonchev–Trinajstić information content (AvgIpc) is 3.20. The second-order valence-electron chi connectivity index (χ2n) is 8.02. The molecule has 0 spiro atoms. The minimum Gasteiger partial charge on any atom is -0.501 e. The average molecular weight is 481 g/mol. The fourth-order valence-corrected chi connectivity index (χ4v) is 4.41. The van der Waals surface area contributed by atoms with E-state index in [4.69, 9.17) is 21.1 Å². The van der Waals surface area contributed by atoms with Crippen LogP contribution in [0.1, 0.15) is 30.6 Å². The largest absolute Gasteiger partial charge is 0.501 e. The van der Waals surface area contributed by atoms with Crippen molar-refractivity contribution in [2.75, 3.05) is 13.7 Å². The number of carbonyl (C=O) groups excluding carboxylic acids is 1. The molecule has 3 aromatic rings. The number of aromatic amines is 1. The second-order valence-corrected chi connectivity index (χ2v) is 8.45. The number of ether oxygens (including phenoxy) is 2. The summed E-state index contributed by atoms with van der Waals surface area (Å²) in [5.74, 6) is 0.715. The van der Waals surface area contributed by atoms with Gasteiger partial charge in [0.25, 0.3) is 0 Å². The number of carbonyl (C=O) groups is 1. The summed E-state index contributed by atoms with van der Waals surface area (Å²) < 4.78 is 24.2. The molecule has 1 aliphatic heterocycles. The third-order valence-corrected chi connectivity index (χ3v) is 6.16. The number of methoxy groups -OCH3 is 1. The van der Waals surface area contributed by atoms with Gasteiger partial charge in [-0.05, 0) is 73.0 Å². The van der Waals surface area contributed by atoms with E-state index < -0.39 is 18.0 Å². The second kappa shape index (κ2) is 10.2. The Morgan fingerprint density at radius 1 is 1.29 bits per heavy atom. The molecule has 1 unspecified atom stereocenters. The van der Waals surface area contributed by atoms with Crippen LogP contribution in [0.3, 0.4) is 0 Å². The van der Waals surface area contributed by atoms with Crippen molar-refractivity contribution in [2.45, 2.75) is 25.8 Å². The number of nitrogens with zero attached hydrogens (tertiary/aromatic N) is 1. The van der Waals surface area contributed by atoms with Crippen LogP contribution in [0.25, 0.3) is 10.9 Å². The van der Waals surface area contributed by atoms with Gasteiger partial charge in [0.1, 0.15) is 17.6 Å². The number of rotatable bonds is 6. The van der Waals surface area contributed by atoms with Crippen molar-refractivity contribution in [1.29, 1.82) is 0 Å². The van der Waals surface area contributed by atoms with E-state index in [0.717, 1.165) is 33.5 Å². The van der Waals surface area contributed by atoms with E-state index in [9.17, 15) is 9.18 Å². The lowest BCUT2D eigenvalue weighted by Crippen LogP contribution is -2.42. The van der Waals surface area contributed by atoms with Crippen molar-refractivity contribution in [1.82, 2.24) is 9.88 Å². The molecule has 0 radical (unpaired) electrons. The van der Waals surface area contributed by atoms with Gasteiger partial charge in [0.05, 0.1) is 12.9 Å². The highest BCUT2D eigenvalue weighted by Crippen LogP contribution is 2.39. The summed E-state index contributed by atoms with van der Waals surface area (Å²) in [6.07, 6.45) is 6.47. The molecule has 1 amide bonds. The van der Waals surface area contributed by atoms with Gasteiger partial charge in [0.15, 0.2) is 0 Å². The molecule has 1 atom stereocenters. The molecule has 0 bridgehead atoms. The lowest BCUT2D eigenvalue weighted by atomic mass is 9.93. The van der Waals surface area contributed by atoms with Crippen LogP contribution in [-0.2, 0) is 11.2 Å². The van der Waals surface area contributed by atoms with Crippen LogP contribution < -0.4 is 4.74 Å². The maximum atomic E-state index is 13.3. The van der Waals surface area contributed by atoms with E-state index >= 15 is 0 Å². The Bertz CT molecular complexity index is 1280. The van der Waals surface area contributed by atoms with Crippen molar-refractivity contribution < 1.29 is 18.7 Å². The molecule has 1 N–H and O–H groups in total. The molecular weight excluding hydrogens is 455 g/mol. The number of benzene rings is 2. The maximum Gasteiger partial charge on any atom is 0.416 e. The van der Waals surface area contributed by atoms with E-state index in [2.05, 4.69) is 11.6 Å². The number of H-pyrrole nitrogens is 1. The van der Waals surface area contributed by atoms with E-state index in [0.29, 0.717) is 24.4 Å². The van der Waals surface area contributed by atoms with E-state index in [1.54, 1.807) is 12.0 Å². The summed E-state index contributed by atoms with van der Waals surface area (Å²) in [5.41, 5.74) is 3.66. The molecule has 4 rings (SSSR count). The summed E-state index contributed by atoms with van der Waals surface area (Å²) in [5, 5.41) is 1.69. The van der Waals surface area contributed by atoms with Crippen LogP contribution in [0.15, 0.2) is 78.6 Å². The van der Waals surface area contributed by atoms with Gasteiger partial charge >= 0.3 is 6.09 Å². The molecule has 5 nitrogen and oxygen atoms in total. The first-order chi connectivity index (χ1) is 16.4. The van der Waals surface area contributed by atoms with Crippen LogP contribution in [0.5, 0.6) is 5.75 Å². The van der Waals surface area contributed by atoms with Crippen LogP contribution in [0, 0.1) is 5.82 Å². The Labute approximate surface area is 203 Å². The predicted molar refractivity (Wildman–Crippen MR) is 133 cm³/mol. The summed E-state index contributed by atoms with van der Waals surface area (Å²) in [4.78, 5) is 18.3. The van der Waals surface area contributed by atoms with Crippen LogP contribution in [0.2, 0.25) is 5.02 Å². The van der Waals surface area contributed by atoms with Gasteiger partial charge in [-0.25, -0.2) is 9.18 Å². The minimum absolute atomic E-state index is 0.276. The summed E-state index contributed by atoms with van der Waals surface area (Å²) >= 11 is 6.25. The van der Waals surface area contributed by atoms with Gasteiger partial charge in [-0.3, -0.25) is 4.90 Å². The number of halogens is 2. The third-order valence-electron chi connectivity index (χ3n) is 5.93. The zero-order valence-electron chi connectivity index (χ0n) is 19.1. The smallest absolute Gasteiger partial charge is 0.416 e. The molecule has 2 heterocycles. The van der Waals surface area contributed by atoms with Crippen molar-refractivity contribution >= 4 is 28.6 Å². The molecule has 0 saturated heterocycles. The molecular formula is C27H26ClFN2O3. The van der Waals surface area contributed by atoms with Gasteiger partial charge in [-0.15, -0.1) is 0 Å². The number of hydrogen-bond acceptors (Lipinski definition) is 3. The predicted octanol–water partition coefficient (Wildman–Crippen LogP) is 7.11. The topological polar surface area (TPSA) is 54.6 Å². The molecule has 7 heteroatoms. The summed E-state index contributed by atoms with van der Waals surface area (Å²) in [7, 11) is 1.63. The standard InChI is InChI=1S/C27H26ClFN2O3/c1-4-20(33-3)7-5-6-17(2)26-25-22(23-16-18(28)8-13-24(23)30-25)14-15-31(26)27(32)34-21-11-9-19(29)10-12-21/h4-6,8-13,16,26,30H,2,7,14-15H2,1,3H3/b6-5-,20-4+. The fourth-order valence-electron chi connectivity index (χ4n) is 4.24. The molecule has 1 aliphatic rings. The van der Waals surface area contributed by atoms with E-state index in [1.807, 2.05) is 43.4 Å². The fraction of sp³-hybridized carbons (Fsp3) is 0.222. The monoisotopic (exact) mass is 480 g/mol. The van der Waals surface area contributed by atoms with Gasteiger partial charge in [0, 0.05) is 34.6 Å². The minimum atomic E-state index is -0.528. The number of fused-ring (bicyclic) bond motifs is 3. The first kappa shape index (κ1) is 23.6. The van der Waals surface area contributed by atoms with Crippen molar-refractivity contribution in [2.24, 2.45) is 0 Å². The maximum absolute atomic E-state index is 13.3. The van der Waals surface area contributed by atoms with Crippen LogP contribution in [-0.4, -0.2) is 29.6 Å². The zero-order chi connectivity index (χ0) is 24.2. The highest BCUT2D eigenvalue weighted by molar-refractivity contribution is 6.31. The van der Waals surface area contributed by atoms with Crippen LogP contribution in [0.4, 0.5) is 9.18 Å². The Morgan fingerprint density at radius 2 is 2.06 bits per heavy atom. The van der Waals surface area contributed by atoms with E-state index in [-0.39, 0.29) is 5.75 Å². The molecule has 0 aliphatic carbocycles. The molecule has 0 saturated carbocycles. The number of allylic oxidation sites excluding steroid dienone is 2. The molecule has 34 heavy (non-hydrogen) atoms. The quantitative estimate of drug-likeness (QED) is 0.302. The molecule has 0 fully saturated rings. The van der Waals surface area contributed by atoms with Crippen molar-refractivity contribution in [3.63, 3.8) is 0 Å². The number of nitrogens with one attached hydrogen (secondary N) is 1. The Hall–Kier alpha value is -3.51. The highest BCUT2D eigenvalue weighted by atomic mass is 35.5. The van der Waals surface area contributed by atoms with Gasteiger partial charge < -0.3 is 14.5 Å². The Balaban J connectivity index is 1.68. The van der Waals surface area contributed by atoms with E-state index in [1.165, 1.54) is 24.3 Å². The van der Waals surface area contributed by atoms with Crippen molar-refractivity contribution in [3.8, 4) is 5.75 Å². The first-order valence-electron chi connectivity index (χ1n) is 11.0. The lowest BCUT2D eigenvalue weighted by molar-refractivity contribution is 0.135. The summed E-state index contributed by atoms with van der Waals surface area (Å²) in [6, 6.07) is 10.6. The molecule has 1 aromatic heterocycles. The van der Waals surface area contributed by atoms with Gasteiger partial charge in [0.2, 0.25) is 0 Å². The number of amides is 1. The van der Waals surface area contributed by atoms with Gasteiger partial charge in [-0.2, -0.15) is 0 Å². The van der Waals surface area contributed by atoms with Crippen LogP contribution >= 0.6 is 11.6 Å². The zero-order valence-corrected chi connectivity index (χ0v) is 19.9.